The maximum absolute atomic E-state index is 11.9. The van der Waals surface area contributed by atoms with Crippen molar-refractivity contribution in [2.75, 3.05) is 0 Å². The standard InChI is InChI=1S/C10H8BrNO4S3/c11-9-2-1-6(18-9)4-12-19(15,16)7-3-8(10(13)14)17-5-7/h1-3,5,12H,4H2,(H,13,14). The van der Waals surface area contributed by atoms with Gasteiger partial charge in [0.1, 0.15) is 4.88 Å². The molecule has 9 heteroatoms. The van der Waals surface area contributed by atoms with Gasteiger partial charge in [-0.2, -0.15) is 0 Å². The number of aromatic carboxylic acids is 1. The molecule has 2 rings (SSSR count). The van der Waals surface area contributed by atoms with Crippen molar-refractivity contribution in [1.82, 2.24) is 4.72 Å². The summed E-state index contributed by atoms with van der Waals surface area (Å²) in [5.74, 6) is -1.13. The molecule has 0 spiro atoms. The molecule has 0 saturated heterocycles. The Balaban J connectivity index is 2.11. The number of halogens is 1. The number of nitrogens with one attached hydrogen (secondary N) is 1. The molecule has 0 saturated carbocycles. The lowest BCUT2D eigenvalue weighted by atomic mass is 10.5. The normalized spacial score (nSPS) is 11.6. The largest absolute Gasteiger partial charge is 0.477 e. The molecule has 102 valence electrons. The fourth-order valence-corrected chi connectivity index (χ4v) is 4.90. The van der Waals surface area contributed by atoms with Crippen LogP contribution >= 0.6 is 38.6 Å². The Morgan fingerprint density at radius 3 is 2.68 bits per heavy atom. The molecule has 0 unspecified atom stereocenters. The van der Waals surface area contributed by atoms with Crippen LogP contribution in [-0.2, 0) is 16.6 Å². The molecule has 2 heterocycles. The van der Waals surface area contributed by atoms with Gasteiger partial charge in [-0.15, -0.1) is 22.7 Å². The molecule has 0 amide bonds. The first-order chi connectivity index (χ1) is 8.88. The summed E-state index contributed by atoms with van der Waals surface area (Å²) in [5, 5.41) is 10.1. The monoisotopic (exact) mass is 381 g/mol. The van der Waals surface area contributed by atoms with Crippen molar-refractivity contribution in [3.8, 4) is 0 Å². The number of carbonyl (C=O) groups is 1. The lowest BCUT2D eigenvalue weighted by Crippen LogP contribution is -2.22. The van der Waals surface area contributed by atoms with Crippen LogP contribution in [0.5, 0.6) is 0 Å². The number of hydrogen-bond donors (Lipinski definition) is 2. The van der Waals surface area contributed by atoms with Gasteiger partial charge in [-0.05, 0) is 34.1 Å². The van der Waals surface area contributed by atoms with E-state index >= 15 is 0 Å². The predicted molar refractivity (Wildman–Crippen MR) is 77.3 cm³/mol. The van der Waals surface area contributed by atoms with E-state index in [1.165, 1.54) is 16.7 Å². The van der Waals surface area contributed by atoms with Crippen molar-refractivity contribution in [1.29, 1.82) is 0 Å². The van der Waals surface area contributed by atoms with E-state index in [2.05, 4.69) is 20.7 Å². The fourth-order valence-electron chi connectivity index (χ4n) is 1.27. The van der Waals surface area contributed by atoms with Gasteiger partial charge in [-0.25, -0.2) is 17.9 Å². The van der Waals surface area contributed by atoms with Gasteiger partial charge in [0.25, 0.3) is 0 Å². The van der Waals surface area contributed by atoms with Gasteiger partial charge in [-0.1, -0.05) is 0 Å². The van der Waals surface area contributed by atoms with Crippen LogP contribution in [0.3, 0.4) is 0 Å². The van der Waals surface area contributed by atoms with Gasteiger partial charge in [0.2, 0.25) is 10.0 Å². The quantitative estimate of drug-likeness (QED) is 0.833. The molecule has 0 bridgehead atoms. The van der Waals surface area contributed by atoms with Crippen LogP contribution in [0, 0.1) is 0 Å². The Labute approximate surface area is 126 Å². The van der Waals surface area contributed by atoms with E-state index in [0.29, 0.717) is 0 Å². The summed E-state index contributed by atoms with van der Waals surface area (Å²) in [6.07, 6.45) is 0. The number of carboxylic acids is 1. The molecule has 2 N–H and O–H groups in total. The summed E-state index contributed by atoms with van der Waals surface area (Å²) >= 11 is 5.61. The van der Waals surface area contributed by atoms with Crippen molar-refractivity contribution < 1.29 is 18.3 Å². The molecule has 0 aliphatic carbocycles. The average molecular weight is 382 g/mol. The van der Waals surface area contributed by atoms with E-state index < -0.39 is 16.0 Å². The molecular formula is C10H8BrNO4S3. The van der Waals surface area contributed by atoms with Crippen molar-refractivity contribution in [2.24, 2.45) is 0 Å². The first-order valence-electron chi connectivity index (χ1n) is 4.94. The van der Waals surface area contributed by atoms with E-state index in [1.54, 1.807) is 0 Å². The van der Waals surface area contributed by atoms with E-state index in [4.69, 9.17) is 5.11 Å². The minimum atomic E-state index is -3.67. The lowest BCUT2D eigenvalue weighted by Gasteiger charge is -2.02. The number of hydrogen-bond acceptors (Lipinski definition) is 5. The first-order valence-corrected chi connectivity index (χ1v) is 8.91. The van der Waals surface area contributed by atoms with Gasteiger partial charge in [-0.3, -0.25) is 0 Å². The Hall–Kier alpha value is -0.740. The molecule has 0 radical (unpaired) electrons. The minimum Gasteiger partial charge on any atom is -0.477 e. The number of thiophene rings is 2. The van der Waals surface area contributed by atoms with Gasteiger partial charge in [0, 0.05) is 16.8 Å². The molecule has 0 aliphatic heterocycles. The third kappa shape index (κ3) is 3.63. The number of carboxylic acid groups (broad SMARTS) is 1. The molecule has 0 aliphatic rings. The highest BCUT2D eigenvalue weighted by Gasteiger charge is 2.18. The zero-order valence-corrected chi connectivity index (χ0v) is 13.3. The maximum atomic E-state index is 11.9. The van der Waals surface area contributed by atoms with Gasteiger partial charge < -0.3 is 5.11 Å². The van der Waals surface area contributed by atoms with Gasteiger partial charge in [0.15, 0.2) is 0 Å². The molecule has 0 fully saturated rings. The fraction of sp³-hybridized carbons (Fsp3) is 0.100. The van der Waals surface area contributed by atoms with Crippen molar-refractivity contribution in [3.05, 3.63) is 37.1 Å². The van der Waals surface area contributed by atoms with Crippen LogP contribution in [0.4, 0.5) is 0 Å². The van der Waals surface area contributed by atoms with Crippen molar-refractivity contribution in [2.45, 2.75) is 11.4 Å². The van der Waals surface area contributed by atoms with Gasteiger partial charge in [0.05, 0.1) is 8.68 Å². The Morgan fingerprint density at radius 2 is 2.16 bits per heavy atom. The molecule has 5 nitrogen and oxygen atoms in total. The maximum Gasteiger partial charge on any atom is 0.345 e. The third-order valence-corrected chi connectivity index (χ3v) is 6.23. The summed E-state index contributed by atoms with van der Waals surface area (Å²) in [5.41, 5.74) is 0. The van der Waals surface area contributed by atoms with Crippen LogP contribution in [0.2, 0.25) is 0 Å². The van der Waals surface area contributed by atoms with E-state index in [0.717, 1.165) is 26.1 Å². The zero-order valence-electron chi connectivity index (χ0n) is 9.29. The second kappa shape index (κ2) is 5.71. The molecular weight excluding hydrogens is 374 g/mol. The Kier molecular flexibility index (Phi) is 4.41. The Morgan fingerprint density at radius 1 is 1.42 bits per heavy atom. The summed E-state index contributed by atoms with van der Waals surface area (Å²) in [6, 6.07) is 4.80. The van der Waals surface area contributed by atoms with Crippen LogP contribution < -0.4 is 4.72 Å². The Bertz CT molecular complexity index is 704. The zero-order chi connectivity index (χ0) is 14.0. The number of rotatable bonds is 5. The van der Waals surface area contributed by atoms with Crippen LogP contribution in [0.25, 0.3) is 0 Å². The minimum absolute atomic E-state index is 0.000701. The summed E-state index contributed by atoms with van der Waals surface area (Å²) in [6.45, 7) is 0.177. The van der Waals surface area contributed by atoms with Crippen LogP contribution in [0.1, 0.15) is 14.5 Å². The van der Waals surface area contributed by atoms with Gasteiger partial charge >= 0.3 is 5.97 Å². The predicted octanol–water partition coefficient (Wildman–Crippen LogP) is 2.75. The highest BCUT2D eigenvalue weighted by molar-refractivity contribution is 9.11. The topological polar surface area (TPSA) is 83.5 Å². The van der Waals surface area contributed by atoms with E-state index in [1.807, 2.05) is 12.1 Å². The average Bonchev–Trinajstić information content (AvgIpc) is 2.95. The third-order valence-electron chi connectivity index (χ3n) is 2.16. The molecule has 19 heavy (non-hydrogen) atoms. The molecule has 2 aromatic rings. The summed E-state index contributed by atoms with van der Waals surface area (Å²) < 4.78 is 27.2. The highest BCUT2D eigenvalue weighted by Crippen LogP contribution is 2.23. The summed E-state index contributed by atoms with van der Waals surface area (Å²) in [7, 11) is -3.67. The lowest BCUT2D eigenvalue weighted by molar-refractivity contribution is 0.0702. The van der Waals surface area contributed by atoms with E-state index in [9.17, 15) is 13.2 Å². The highest BCUT2D eigenvalue weighted by atomic mass is 79.9. The smallest absolute Gasteiger partial charge is 0.345 e. The second-order valence-corrected chi connectivity index (χ2v) is 8.71. The van der Waals surface area contributed by atoms with Crippen molar-refractivity contribution in [3.63, 3.8) is 0 Å². The summed E-state index contributed by atoms with van der Waals surface area (Å²) in [4.78, 5) is 11.6. The number of sulfonamides is 1. The first kappa shape index (κ1) is 14.7. The second-order valence-electron chi connectivity index (χ2n) is 3.48. The van der Waals surface area contributed by atoms with E-state index in [-0.39, 0.29) is 16.3 Å². The molecule has 0 aromatic carbocycles. The molecule has 0 atom stereocenters. The van der Waals surface area contributed by atoms with Crippen LogP contribution in [-0.4, -0.2) is 19.5 Å². The SMILES string of the molecule is O=C(O)c1cc(S(=O)(=O)NCc2ccc(Br)s2)cs1. The van der Waals surface area contributed by atoms with Crippen molar-refractivity contribution >= 4 is 54.6 Å². The van der Waals surface area contributed by atoms with Crippen LogP contribution in [0.15, 0.2) is 32.3 Å². The molecule has 2 aromatic heterocycles.